The molecule has 0 saturated heterocycles. The number of rotatable bonds is 3. The third-order valence-electron chi connectivity index (χ3n) is 3.28. The van der Waals surface area contributed by atoms with Crippen molar-refractivity contribution in [3.8, 4) is 0 Å². The van der Waals surface area contributed by atoms with Gasteiger partial charge in [-0.15, -0.1) is 11.3 Å². The van der Waals surface area contributed by atoms with E-state index in [1.165, 1.54) is 13.0 Å². The summed E-state index contributed by atoms with van der Waals surface area (Å²) in [5, 5.41) is 11.7. The minimum Gasteiger partial charge on any atom is -0.332 e. The van der Waals surface area contributed by atoms with Crippen LogP contribution in [0.2, 0.25) is 0 Å². The van der Waals surface area contributed by atoms with E-state index in [2.05, 4.69) is 15.5 Å². The maximum absolute atomic E-state index is 11.9. The number of fused-ring (bicyclic) bond motifs is 1. The van der Waals surface area contributed by atoms with Gasteiger partial charge < -0.3 is 10.2 Å². The summed E-state index contributed by atoms with van der Waals surface area (Å²) in [6.45, 7) is 2.49. The molecule has 0 bridgehead atoms. The molecule has 6 nitrogen and oxygen atoms in total. The fourth-order valence-corrected chi connectivity index (χ4v) is 2.78. The highest BCUT2D eigenvalue weighted by Gasteiger charge is 2.26. The van der Waals surface area contributed by atoms with Gasteiger partial charge in [0.1, 0.15) is 5.82 Å². The molecule has 0 aliphatic carbocycles. The molecular weight excluding hydrogens is 288 g/mol. The molecule has 2 aromatic heterocycles. The third-order valence-corrected chi connectivity index (χ3v) is 4.12. The van der Waals surface area contributed by atoms with Gasteiger partial charge in [-0.1, -0.05) is 6.07 Å². The zero-order chi connectivity index (χ0) is 14.8. The molecule has 0 unspecified atom stereocenters. The van der Waals surface area contributed by atoms with E-state index < -0.39 is 0 Å². The van der Waals surface area contributed by atoms with Crippen molar-refractivity contribution in [3.05, 3.63) is 39.7 Å². The zero-order valence-corrected chi connectivity index (χ0v) is 12.2. The van der Waals surface area contributed by atoms with Crippen molar-refractivity contribution in [2.75, 3.05) is 5.32 Å². The van der Waals surface area contributed by atoms with Crippen LogP contribution < -0.4 is 5.32 Å². The van der Waals surface area contributed by atoms with Crippen molar-refractivity contribution >= 4 is 35.0 Å². The predicted octanol–water partition coefficient (Wildman–Crippen LogP) is 1.99. The summed E-state index contributed by atoms with van der Waals surface area (Å²) < 4.78 is 0. The summed E-state index contributed by atoms with van der Waals surface area (Å²) in [7, 11) is 0. The van der Waals surface area contributed by atoms with Crippen LogP contribution in [0, 0.1) is 0 Å². The van der Waals surface area contributed by atoms with Crippen LogP contribution in [0.25, 0.3) is 6.08 Å². The normalized spacial score (nSPS) is 13.7. The topological polar surface area (TPSA) is 78.1 Å². The number of H-pyrrole nitrogens is 1. The molecule has 108 valence electrons. The minimum atomic E-state index is -0.226. The lowest BCUT2D eigenvalue weighted by atomic mass is 10.3. The number of carbonyl (C=O) groups excluding carboxylic acids is 2. The summed E-state index contributed by atoms with van der Waals surface area (Å²) in [6.07, 6.45) is 3.25. The lowest BCUT2D eigenvalue weighted by Gasteiger charge is -2.12. The molecular formula is C14H14N4O2S. The van der Waals surface area contributed by atoms with E-state index >= 15 is 0 Å². The van der Waals surface area contributed by atoms with E-state index in [1.807, 2.05) is 17.5 Å². The quantitative estimate of drug-likeness (QED) is 0.851. The Balaban J connectivity index is 1.67. The molecule has 1 aliphatic heterocycles. The van der Waals surface area contributed by atoms with Crippen molar-refractivity contribution in [2.45, 2.75) is 20.0 Å². The lowest BCUT2D eigenvalue weighted by molar-refractivity contribution is -0.129. The van der Waals surface area contributed by atoms with E-state index in [1.54, 1.807) is 22.3 Å². The molecule has 0 fully saturated rings. The maximum Gasteiger partial charge on any atom is 0.249 e. The van der Waals surface area contributed by atoms with Crippen LogP contribution in [0.4, 0.5) is 5.82 Å². The SMILES string of the molecule is CC(=O)N1Cc2n[nH]c(NC(=O)/C=C\c3cccs3)c2C1. The Hall–Kier alpha value is -2.41. The summed E-state index contributed by atoms with van der Waals surface area (Å²) in [5.41, 5.74) is 1.69. The van der Waals surface area contributed by atoms with E-state index in [4.69, 9.17) is 0 Å². The number of carbonyl (C=O) groups is 2. The Morgan fingerprint density at radius 3 is 3.05 bits per heavy atom. The first-order valence-electron chi connectivity index (χ1n) is 6.47. The average Bonchev–Trinajstić information content (AvgIpc) is 3.14. The Bertz CT molecular complexity index is 703. The number of amides is 2. The van der Waals surface area contributed by atoms with Gasteiger partial charge in [0, 0.05) is 23.4 Å². The number of hydrogen-bond acceptors (Lipinski definition) is 4. The summed E-state index contributed by atoms with van der Waals surface area (Å²) in [4.78, 5) is 26.0. The number of hydrogen-bond donors (Lipinski definition) is 2. The van der Waals surface area contributed by atoms with Gasteiger partial charge in [0.25, 0.3) is 0 Å². The average molecular weight is 302 g/mol. The van der Waals surface area contributed by atoms with E-state index in [-0.39, 0.29) is 11.8 Å². The van der Waals surface area contributed by atoms with Crippen LogP contribution in [0.1, 0.15) is 23.1 Å². The number of nitrogens with zero attached hydrogens (tertiary/aromatic N) is 2. The van der Waals surface area contributed by atoms with Crippen LogP contribution >= 0.6 is 11.3 Å². The first kappa shape index (κ1) is 13.6. The number of aromatic nitrogens is 2. The highest BCUT2D eigenvalue weighted by molar-refractivity contribution is 7.10. The first-order valence-corrected chi connectivity index (χ1v) is 7.35. The Kier molecular flexibility index (Phi) is 3.57. The molecule has 2 amide bonds. The Morgan fingerprint density at radius 2 is 2.33 bits per heavy atom. The molecule has 0 aromatic carbocycles. The van der Waals surface area contributed by atoms with E-state index in [0.717, 1.165) is 16.1 Å². The largest absolute Gasteiger partial charge is 0.332 e. The Labute approximate surface area is 125 Å². The van der Waals surface area contributed by atoms with Crippen LogP contribution in [-0.2, 0) is 22.7 Å². The number of thiophene rings is 1. The third kappa shape index (κ3) is 2.87. The number of nitrogens with one attached hydrogen (secondary N) is 2. The maximum atomic E-state index is 11.9. The molecule has 0 spiro atoms. The fourth-order valence-electron chi connectivity index (χ4n) is 2.17. The van der Waals surface area contributed by atoms with Crippen molar-refractivity contribution < 1.29 is 9.59 Å². The second kappa shape index (κ2) is 5.53. The van der Waals surface area contributed by atoms with Crippen LogP contribution in [0.5, 0.6) is 0 Å². The first-order chi connectivity index (χ1) is 10.1. The van der Waals surface area contributed by atoms with Crippen molar-refractivity contribution in [3.63, 3.8) is 0 Å². The molecule has 7 heteroatoms. The predicted molar refractivity (Wildman–Crippen MR) is 80.5 cm³/mol. The van der Waals surface area contributed by atoms with Gasteiger partial charge in [-0.25, -0.2) is 0 Å². The molecule has 0 saturated carbocycles. The molecule has 2 aromatic rings. The number of anilines is 1. The highest BCUT2D eigenvalue weighted by Crippen LogP contribution is 2.26. The molecule has 3 rings (SSSR count). The van der Waals surface area contributed by atoms with Gasteiger partial charge in [-0.3, -0.25) is 14.7 Å². The smallest absolute Gasteiger partial charge is 0.249 e. The molecule has 21 heavy (non-hydrogen) atoms. The molecule has 0 atom stereocenters. The van der Waals surface area contributed by atoms with Crippen LogP contribution in [-0.4, -0.2) is 26.9 Å². The van der Waals surface area contributed by atoms with Gasteiger partial charge in [-0.2, -0.15) is 5.10 Å². The van der Waals surface area contributed by atoms with Crippen LogP contribution in [0.15, 0.2) is 23.6 Å². The Morgan fingerprint density at radius 1 is 1.48 bits per heavy atom. The minimum absolute atomic E-state index is 0.00266. The van der Waals surface area contributed by atoms with Gasteiger partial charge in [0.15, 0.2) is 0 Å². The number of aromatic amines is 1. The standard InChI is InChI=1S/C14H14N4O2S/c1-9(19)18-7-11-12(8-18)16-17-14(11)15-13(20)5-4-10-3-2-6-21-10/h2-6H,7-8H2,1H3,(H2,15,16,17,20)/b5-4-. The fraction of sp³-hybridized carbons (Fsp3) is 0.214. The summed E-state index contributed by atoms with van der Waals surface area (Å²) in [5.74, 6) is 0.341. The summed E-state index contributed by atoms with van der Waals surface area (Å²) in [6, 6.07) is 3.87. The molecule has 2 N–H and O–H groups in total. The lowest BCUT2D eigenvalue weighted by Crippen LogP contribution is -2.22. The second-order valence-electron chi connectivity index (χ2n) is 4.74. The van der Waals surface area contributed by atoms with Crippen molar-refractivity contribution in [1.29, 1.82) is 0 Å². The molecule has 0 radical (unpaired) electrons. The monoisotopic (exact) mass is 302 g/mol. The van der Waals surface area contributed by atoms with Crippen LogP contribution in [0.3, 0.4) is 0 Å². The van der Waals surface area contributed by atoms with Crippen molar-refractivity contribution in [2.24, 2.45) is 0 Å². The second-order valence-corrected chi connectivity index (χ2v) is 5.72. The van der Waals surface area contributed by atoms with E-state index in [9.17, 15) is 9.59 Å². The molecule has 3 heterocycles. The summed E-state index contributed by atoms with van der Waals surface area (Å²) >= 11 is 1.57. The van der Waals surface area contributed by atoms with E-state index in [0.29, 0.717) is 18.9 Å². The van der Waals surface area contributed by atoms with Gasteiger partial charge in [0.05, 0.1) is 18.8 Å². The zero-order valence-electron chi connectivity index (χ0n) is 11.4. The van der Waals surface area contributed by atoms with Gasteiger partial charge >= 0.3 is 0 Å². The molecule has 1 aliphatic rings. The van der Waals surface area contributed by atoms with Gasteiger partial charge in [0.2, 0.25) is 11.8 Å². The highest BCUT2D eigenvalue weighted by atomic mass is 32.1. The van der Waals surface area contributed by atoms with Gasteiger partial charge in [-0.05, 0) is 17.5 Å². The van der Waals surface area contributed by atoms with Crippen molar-refractivity contribution in [1.82, 2.24) is 15.1 Å².